The number of carbonyl (C=O) groups is 2. The first kappa shape index (κ1) is 23.7. The highest BCUT2D eigenvalue weighted by Gasteiger charge is 2.23. The number of aromatic nitrogens is 2. The summed E-state index contributed by atoms with van der Waals surface area (Å²) in [6, 6.07) is 9.47. The summed E-state index contributed by atoms with van der Waals surface area (Å²) in [5.74, 6) is 0. The van der Waals surface area contributed by atoms with Gasteiger partial charge in [0.2, 0.25) is 0 Å². The van der Waals surface area contributed by atoms with E-state index in [1.807, 2.05) is 64.3 Å². The van der Waals surface area contributed by atoms with E-state index < -0.39 is 17.8 Å². The molecule has 0 N–H and O–H groups in total. The number of ether oxygens (including phenoxy) is 2. The number of hydrogen-bond acceptors (Lipinski definition) is 5. The van der Waals surface area contributed by atoms with Crippen molar-refractivity contribution >= 4 is 28.1 Å². The largest absolute Gasteiger partial charge is 0.445 e. The van der Waals surface area contributed by atoms with Gasteiger partial charge in [-0.3, -0.25) is 4.68 Å². The molecule has 0 aliphatic carbocycles. The van der Waals surface area contributed by atoms with Crippen LogP contribution in [0.25, 0.3) is 0 Å². The van der Waals surface area contributed by atoms with Crippen LogP contribution in [0.15, 0.2) is 41.0 Å². The Balaban J connectivity index is 2.03. The highest BCUT2D eigenvalue weighted by Crippen LogP contribution is 2.17. The number of rotatable bonds is 7. The summed E-state index contributed by atoms with van der Waals surface area (Å²) >= 11 is 3.46. The first-order valence-electron chi connectivity index (χ1n) is 9.63. The van der Waals surface area contributed by atoms with Crippen LogP contribution in [0.1, 0.15) is 32.0 Å². The van der Waals surface area contributed by atoms with Crippen LogP contribution < -0.4 is 0 Å². The van der Waals surface area contributed by atoms with Gasteiger partial charge in [0.05, 0.1) is 16.7 Å². The Morgan fingerprint density at radius 1 is 1.13 bits per heavy atom. The monoisotopic (exact) mass is 480 g/mol. The predicted octanol–water partition coefficient (Wildman–Crippen LogP) is 4.19. The zero-order chi connectivity index (χ0) is 22.3. The fourth-order valence-corrected chi connectivity index (χ4v) is 3.04. The first-order chi connectivity index (χ1) is 14.0. The van der Waals surface area contributed by atoms with Crippen LogP contribution in [-0.2, 0) is 29.7 Å². The molecule has 0 aliphatic rings. The van der Waals surface area contributed by atoms with Crippen molar-refractivity contribution in [3.8, 4) is 0 Å². The van der Waals surface area contributed by atoms with Crippen molar-refractivity contribution in [2.45, 2.75) is 39.5 Å². The van der Waals surface area contributed by atoms with Crippen LogP contribution in [0.3, 0.4) is 0 Å². The second kappa shape index (κ2) is 10.5. The third-order valence-corrected chi connectivity index (χ3v) is 4.73. The summed E-state index contributed by atoms with van der Waals surface area (Å²) in [4.78, 5) is 27.9. The lowest BCUT2D eigenvalue weighted by Gasteiger charge is -2.27. The molecule has 2 amide bonds. The van der Waals surface area contributed by atoms with Crippen molar-refractivity contribution in [2.75, 3.05) is 20.1 Å². The summed E-state index contributed by atoms with van der Waals surface area (Å²) in [6.45, 7) is 6.41. The van der Waals surface area contributed by atoms with Crippen molar-refractivity contribution < 1.29 is 19.1 Å². The molecule has 0 fully saturated rings. The number of nitrogens with zero attached hydrogens (tertiary/aromatic N) is 4. The number of halogens is 1. The van der Waals surface area contributed by atoms with Gasteiger partial charge in [0.1, 0.15) is 12.2 Å². The van der Waals surface area contributed by atoms with Crippen LogP contribution >= 0.6 is 15.9 Å². The summed E-state index contributed by atoms with van der Waals surface area (Å²) in [5, 5.41) is 4.38. The predicted molar refractivity (Wildman–Crippen MR) is 117 cm³/mol. The highest BCUT2D eigenvalue weighted by atomic mass is 79.9. The fourth-order valence-electron chi connectivity index (χ4n) is 2.54. The van der Waals surface area contributed by atoms with Crippen molar-refractivity contribution in [3.05, 3.63) is 52.3 Å². The maximum absolute atomic E-state index is 12.8. The molecule has 0 saturated heterocycles. The lowest BCUT2D eigenvalue weighted by Crippen LogP contribution is -2.41. The van der Waals surface area contributed by atoms with Gasteiger partial charge in [-0.05, 0) is 42.3 Å². The molecule has 9 heteroatoms. The zero-order valence-corrected chi connectivity index (χ0v) is 19.7. The highest BCUT2D eigenvalue weighted by molar-refractivity contribution is 9.10. The summed E-state index contributed by atoms with van der Waals surface area (Å²) in [6.07, 6.45) is 0.892. The van der Waals surface area contributed by atoms with Gasteiger partial charge in [-0.1, -0.05) is 30.3 Å². The third-order valence-electron chi connectivity index (χ3n) is 4.07. The zero-order valence-electron chi connectivity index (χ0n) is 18.1. The second-order valence-electron chi connectivity index (χ2n) is 7.96. The van der Waals surface area contributed by atoms with E-state index in [-0.39, 0.29) is 19.7 Å². The number of amides is 2. The summed E-state index contributed by atoms with van der Waals surface area (Å²) < 4.78 is 13.3. The van der Waals surface area contributed by atoms with Crippen molar-refractivity contribution in [2.24, 2.45) is 7.05 Å². The molecule has 2 rings (SSSR count). The van der Waals surface area contributed by atoms with Crippen LogP contribution in [0.2, 0.25) is 0 Å². The molecule has 0 bridgehead atoms. The Labute approximate surface area is 185 Å². The molecule has 1 heterocycles. The van der Waals surface area contributed by atoms with Crippen LogP contribution in [0, 0.1) is 0 Å². The lowest BCUT2D eigenvalue weighted by molar-refractivity contribution is 0.0272. The molecule has 164 valence electrons. The van der Waals surface area contributed by atoms with Crippen LogP contribution in [0.5, 0.6) is 0 Å². The van der Waals surface area contributed by atoms with Gasteiger partial charge in [0.25, 0.3) is 0 Å². The van der Waals surface area contributed by atoms with E-state index in [0.29, 0.717) is 12.2 Å². The number of likely N-dealkylation sites (N-methyl/N-ethyl adjacent to an activating group) is 1. The van der Waals surface area contributed by atoms with Crippen LogP contribution in [0.4, 0.5) is 9.59 Å². The SMILES string of the molecule is CN(CCN(Cc1nn(C)cc1Br)C(=O)OCc1ccccc1)C(=O)OC(C)(C)C. The van der Waals surface area contributed by atoms with E-state index in [0.717, 1.165) is 10.0 Å². The molecule has 0 aliphatic heterocycles. The Morgan fingerprint density at radius 3 is 2.37 bits per heavy atom. The average molecular weight is 481 g/mol. The minimum absolute atomic E-state index is 0.168. The van der Waals surface area contributed by atoms with Crippen molar-refractivity contribution in [1.29, 1.82) is 0 Å². The van der Waals surface area contributed by atoms with Gasteiger partial charge in [0.15, 0.2) is 0 Å². The topological polar surface area (TPSA) is 76.9 Å². The second-order valence-corrected chi connectivity index (χ2v) is 8.82. The Kier molecular flexibility index (Phi) is 8.28. The van der Waals surface area contributed by atoms with Gasteiger partial charge in [-0.15, -0.1) is 0 Å². The molecule has 0 radical (unpaired) electrons. The lowest BCUT2D eigenvalue weighted by atomic mass is 10.2. The number of aryl methyl sites for hydroxylation is 1. The fraction of sp³-hybridized carbons (Fsp3) is 0.476. The quantitative estimate of drug-likeness (QED) is 0.593. The number of carbonyl (C=O) groups excluding carboxylic acids is 2. The molecule has 0 unspecified atom stereocenters. The minimum atomic E-state index is -0.585. The summed E-state index contributed by atoms with van der Waals surface area (Å²) in [5.41, 5.74) is 1.02. The Morgan fingerprint density at radius 2 is 1.80 bits per heavy atom. The van der Waals surface area contributed by atoms with Gasteiger partial charge < -0.3 is 19.3 Å². The van der Waals surface area contributed by atoms with E-state index >= 15 is 0 Å². The van der Waals surface area contributed by atoms with Gasteiger partial charge in [-0.25, -0.2) is 9.59 Å². The minimum Gasteiger partial charge on any atom is -0.445 e. The molecule has 0 atom stereocenters. The molecule has 2 aromatic rings. The molecule has 30 heavy (non-hydrogen) atoms. The molecule has 0 spiro atoms. The number of benzene rings is 1. The summed E-state index contributed by atoms with van der Waals surface area (Å²) in [7, 11) is 3.45. The van der Waals surface area contributed by atoms with Crippen molar-refractivity contribution in [1.82, 2.24) is 19.6 Å². The van der Waals surface area contributed by atoms with E-state index in [1.54, 1.807) is 11.7 Å². The molecule has 1 aromatic heterocycles. The molecule has 1 aromatic carbocycles. The Bertz CT molecular complexity index is 848. The maximum atomic E-state index is 12.8. The molecule has 8 nitrogen and oxygen atoms in total. The van der Waals surface area contributed by atoms with Gasteiger partial charge in [0, 0.05) is 33.4 Å². The molecule has 0 saturated carbocycles. The van der Waals surface area contributed by atoms with Gasteiger partial charge >= 0.3 is 12.2 Å². The third kappa shape index (κ3) is 7.70. The molecular weight excluding hydrogens is 452 g/mol. The van der Waals surface area contributed by atoms with Crippen LogP contribution in [-0.4, -0.2) is 57.5 Å². The van der Waals surface area contributed by atoms with E-state index in [9.17, 15) is 9.59 Å². The first-order valence-corrected chi connectivity index (χ1v) is 10.4. The van der Waals surface area contributed by atoms with Gasteiger partial charge in [-0.2, -0.15) is 5.10 Å². The van der Waals surface area contributed by atoms with E-state index in [4.69, 9.17) is 9.47 Å². The Hall–Kier alpha value is -2.55. The molecular formula is C21H29BrN4O4. The van der Waals surface area contributed by atoms with E-state index in [1.165, 1.54) is 9.80 Å². The number of hydrogen-bond donors (Lipinski definition) is 0. The average Bonchev–Trinajstić information content (AvgIpc) is 2.99. The van der Waals surface area contributed by atoms with E-state index in [2.05, 4.69) is 21.0 Å². The maximum Gasteiger partial charge on any atom is 0.410 e. The smallest absolute Gasteiger partial charge is 0.410 e. The normalized spacial score (nSPS) is 11.1. The van der Waals surface area contributed by atoms with Crippen molar-refractivity contribution in [3.63, 3.8) is 0 Å². The standard InChI is InChI=1S/C21H29BrN4O4/c1-21(2,3)30-19(27)24(4)11-12-26(14-18-17(22)13-25(5)23-18)20(28)29-15-16-9-7-6-8-10-16/h6-10,13H,11-12,14-15H2,1-5H3.